The maximum Gasteiger partial charge on any atom is 0.218 e. The highest BCUT2D eigenvalue weighted by molar-refractivity contribution is 6.72. The summed E-state index contributed by atoms with van der Waals surface area (Å²) >= 11 is 0. The van der Waals surface area contributed by atoms with Crippen LogP contribution in [0.15, 0.2) is 0 Å². The van der Waals surface area contributed by atoms with E-state index in [4.69, 9.17) is 4.43 Å². The second kappa shape index (κ2) is 3.34. The maximum absolute atomic E-state index is 11.1. The Kier molecular flexibility index (Phi) is 3.39. The van der Waals surface area contributed by atoms with Crippen LogP contribution in [0.3, 0.4) is 0 Å². The van der Waals surface area contributed by atoms with E-state index in [1.54, 1.807) is 7.11 Å². The van der Waals surface area contributed by atoms with Crippen molar-refractivity contribution in [3.05, 3.63) is 0 Å². The molecule has 0 rings (SSSR count). The quantitative estimate of drug-likeness (QED) is 0.557. The molecule has 0 aromatic heterocycles. The van der Waals surface area contributed by atoms with Crippen molar-refractivity contribution in [3.8, 4) is 0 Å². The molecule has 1 unspecified atom stereocenters. The fraction of sp³-hybridized carbons (Fsp3) is 1.00. The average Bonchev–Trinajstić information content (AvgIpc) is 1.86. The van der Waals surface area contributed by atoms with E-state index in [-0.39, 0.29) is 0 Å². The zero-order chi connectivity index (χ0) is 7.49. The van der Waals surface area contributed by atoms with Crippen LogP contribution < -0.4 is 0 Å². The van der Waals surface area contributed by atoms with Crippen LogP contribution in [0.5, 0.6) is 0 Å². The fourth-order valence-corrected chi connectivity index (χ4v) is 1.87. The molecular weight excluding hydrogens is 132 g/mol. The summed E-state index contributed by atoms with van der Waals surface area (Å²) in [5, 5.41) is 11.1. The maximum atomic E-state index is 11.1. The molecule has 3 heteroatoms. The topological polar surface area (TPSA) is 29.1 Å². The van der Waals surface area contributed by atoms with Gasteiger partial charge in [-0.1, -0.05) is 6.92 Å². The monoisotopic (exact) mass is 147 g/mol. The van der Waals surface area contributed by atoms with Gasteiger partial charge in [-0.05, 0) is 19.5 Å². The van der Waals surface area contributed by atoms with Gasteiger partial charge in [-0.25, -0.2) is 5.11 Å². The lowest BCUT2D eigenvalue weighted by Crippen LogP contribution is -2.42. The molecule has 0 saturated heterocycles. The lowest BCUT2D eigenvalue weighted by molar-refractivity contribution is 0.124. The summed E-state index contributed by atoms with van der Waals surface area (Å²) in [7, 11) is -0.204. The molecule has 9 heavy (non-hydrogen) atoms. The lowest BCUT2D eigenvalue weighted by atomic mass is 10.5. The van der Waals surface area contributed by atoms with Crippen molar-refractivity contribution in [1.29, 1.82) is 0 Å². The molecule has 0 saturated carbocycles. The van der Waals surface area contributed by atoms with Crippen molar-refractivity contribution in [2.45, 2.75) is 32.2 Å². The molecule has 55 valence electrons. The van der Waals surface area contributed by atoms with E-state index in [1.165, 1.54) is 0 Å². The molecule has 0 N–H and O–H groups in total. The van der Waals surface area contributed by atoms with E-state index in [9.17, 15) is 5.11 Å². The third kappa shape index (κ3) is 2.47. The number of hydrogen-bond acceptors (Lipinski definition) is 1. The summed E-state index contributed by atoms with van der Waals surface area (Å²) in [5.74, 6) is 0. The van der Waals surface area contributed by atoms with Gasteiger partial charge < -0.3 is 4.43 Å². The molecule has 0 aliphatic carbocycles. The van der Waals surface area contributed by atoms with Gasteiger partial charge in [0.05, 0.1) is 0 Å². The molecule has 0 aromatic rings. The van der Waals surface area contributed by atoms with Crippen LogP contribution in [-0.4, -0.2) is 21.2 Å². The predicted molar refractivity (Wildman–Crippen MR) is 39.3 cm³/mol. The molecule has 0 bridgehead atoms. The van der Waals surface area contributed by atoms with Crippen molar-refractivity contribution < 1.29 is 9.53 Å². The Hall–Kier alpha value is 0.137. The molecule has 1 radical (unpaired) electrons. The van der Waals surface area contributed by atoms with Crippen molar-refractivity contribution in [2.75, 3.05) is 7.11 Å². The summed E-state index contributed by atoms with van der Waals surface area (Å²) in [5.41, 5.74) is -0.470. The zero-order valence-corrected chi connectivity index (χ0v) is 7.60. The Morgan fingerprint density at radius 3 is 2.11 bits per heavy atom. The van der Waals surface area contributed by atoms with Gasteiger partial charge in [0.15, 0.2) is 0 Å². The molecular formula is C6H15O2Si. The van der Waals surface area contributed by atoms with Gasteiger partial charge in [0.25, 0.3) is 0 Å². The first-order valence-electron chi connectivity index (χ1n) is 3.25. The molecule has 0 aliphatic heterocycles. The molecule has 2 nitrogen and oxygen atoms in total. The summed E-state index contributed by atoms with van der Waals surface area (Å²) in [4.78, 5) is 0. The number of rotatable bonds is 3. The van der Waals surface area contributed by atoms with Crippen LogP contribution in [0.2, 0.25) is 13.1 Å². The van der Waals surface area contributed by atoms with Crippen LogP contribution >= 0.6 is 0 Å². The summed E-state index contributed by atoms with van der Waals surface area (Å²) < 4.78 is 5.12. The Morgan fingerprint density at radius 2 is 2.00 bits per heavy atom. The smallest absolute Gasteiger partial charge is 0.218 e. The minimum absolute atomic E-state index is 0.470. The molecule has 0 amide bonds. The van der Waals surface area contributed by atoms with E-state index >= 15 is 0 Å². The van der Waals surface area contributed by atoms with Gasteiger partial charge in [-0.15, -0.1) is 0 Å². The van der Waals surface area contributed by atoms with Gasteiger partial charge in [0.2, 0.25) is 8.32 Å². The minimum Gasteiger partial charge on any atom is -0.418 e. The zero-order valence-electron chi connectivity index (χ0n) is 6.60. The van der Waals surface area contributed by atoms with Gasteiger partial charge in [-0.3, -0.25) is 0 Å². The van der Waals surface area contributed by atoms with Crippen LogP contribution in [-0.2, 0) is 9.53 Å². The van der Waals surface area contributed by atoms with E-state index in [1.807, 2.05) is 20.0 Å². The average molecular weight is 147 g/mol. The standard InChI is InChI=1S/C6H15O2Si/c1-5-6(7)9(3,4)8-2/h6H,5H2,1-4H3. The van der Waals surface area contributed by atoms with Crippen molar-refractivity contribution in [3.63, 3.8) is 0 Å². The second-order valence-electron chi connectivity index (χ2n) is 2.70. The van der Waals surface area contributed by atoms with E-state index in [2.05, 4.69) is 0 Å². The van der Waals surface area contributed by atoms with E-state index in [0.29, 0.717) is 6.42 Å². The highest BCUT2D eigenvalue weighted by atomic mass is 28.4. The summed E-state index contributed by atoms with van der Waals surface area (Å²) in [6, 6.07) is 0. The SMILES string of the molecule is CCC([O])[Si](C)(C)OC. The van der Waals surface area contributed by atoms with E-state index in [0.717, 1.165) is 0 Å². The van der Waals surface area contributed by atoms with Crippen molar-refractivity contribution in [2.24, 2.45) is 0 Å². The van der Waals surface area contributed by atoms with Crippen LogP contribution in [0, 0.1) is 0 Å². The second-order valence-corrected chi connectivity index (χ2v) is 6.96. The van der Waals surface area contributed by atoms with Crippen LogP contribution in [0.25, 0.3) is 0 Å². The van der Waals surface area contributed by atoms with Crippen LogP contribution in [0.1, 0.15) is 13.3 Å². The van der Waals surface area contributed by atoms with Crippen molar-refractivity contribution in [1.82, 2.24) is 0 Å². The van der Waals surface area contributed by atoms with Gasteiger partial charge in [0, 0.05) is 7.11 Å². The van der Waals surface area contributed by atoms with Gasteiger partial charge >= 0.3 is 0 Å². The third-order valence-electron chi connectivity index (χ3n) is 1.67. The Labute approximate surface area is 58.0 Å². The molecule has 0 fully saturated rings. The molecule has 0 aromatic carbocycles. The largest absolute Gasteiger partial charge is 0.418 e. The fourth-order valence-electron chi connectivity index (χ4n) is 0.623. The van der Waals surface area contributed by atoms with Crippen LogP contribution in [0.4, 0.5) is 0 Å². The van der Waals surface area contributed by atoms with Gasteiger partial charge in [0.1, 0.15) is 5.73 Å². The highest BCUT2D eigenvalue weighted by Gasteiger charge is 2.30. The lowest BCUT2D eigenvalue weighted by Gasteiger charge is -2.22. The summed E-state index contributed by atoms with van der Waals surface area (Å²) in [6.45, 7) is 5.81. The first-order chi connectivity index (χ1) is 4.04. The molecule has 1 atom stereocenters. The normalized spacial score (nSPS) is 15.7. The third-order valence-corrected chi connectivity index (χ3v) is 4.68. The predicted octanol–water partition coefficient (Wildman–Crippen LogP) is 1.59. The van der Waals surface area contributed by atoms with Crippen molar-refractivity contribution >= 4 is 8.32 Å². The number of hydrogen-bond donors (Lipinski definition) is 0. The first kappa shape index (κ1) is 9.14. The van der Waals surface area contributed by atoms with E-state index < -0.39 is 14.0 Å². The Morgan fingerprint density at radius 1 is 1.56 bits per heavy atom. The first-order valence-corrected chi connectivity index (χ1v) is 6.24. The minimum atomic E-state index is -1.84. The Bertz CT molecular complexity index is 83.1. The summed E-state index contributed by atoms with van der Waals surface area (Å²) in [6.07, 6.45) is 0.688. The highest BCUT2D eigenvalue weighted by Crippen LogP contribution is 2.11. The molecule has 0 heterocycles. The van der Waals surface area contributed by atoms with Gasteiger partial charge in [-0.2, -0.15) is 0 Å². The molecule has 0 spiro atoms. The Balaban J connectivity index is 3.80. The molecule has 0 aliphatic rings.